The molecule has 12 heteroatoms. The summed E-state index contributed by atoms with van der Waals surface area (Å²) in [5.74, 6) is -1.81. The van der Waals surface area contributed by atoms with Gasteiger partial charge in [-0.05, 0) is 12.1 Å². The Morgan fingerprint density at radius 2 is 1.62 bits per heavy atom. The molecule has 1 aromatic carbocycles. The number of hydrogen-bond donors (Lipinski definition) is 0. The number of nitrogens with zero attached hydrogens (tertiary/aromatic N) is 2. The van der Waals surface area contributed by atoms with Gasteiger partial charge < -0.3 is 19.1 Å². The molecule has 0 radical (unpaired) electrons. The van der Waals surface area contributed by atoms with Crippen molar-refractivity contribution in [3.05, 3.63) is 50.1 Å². The second kappa shape index (κ2) is 8.87. The molecule has 0 aliphatic carbocycles. The van der Waals surface area contributed by atoms with Crippen LogP contribution >= 0.6 is 0 Å². The monoisotopic (exact) mass is 344 g/mol. The molecule has 0 bridgehead atoms. The maximum Gasteiger partial charge on any atom is 0.342 e. The quantitative estimate of drug-likeness (QED) is 0.268. The molecule has 1 rings (SSSR count). The van der Waals surface area contributed by atoms with E-state index in [0.717, 1.165) is 6.92 Å². The minimum atomic E-state index is -1.43. The summed E-state index contributed by atoms with van der Waals surface area (Å²) in [7, 11) is 0. The summed E-state index contributed by atoms with van der Waals surface area (Å²) in [4.78, 5) is 51.5. The average molecular weight is 344 g/mol. The molecule has 0 amide bonds. The first-order valence-electron chi connectivity index (χ1n) is 6.32. The summed E-state index contributed by atoms with van der Waals surface area (Å²) in [6.07, 6.45) is -1.43. The fourth-order valence-electron chi connectivity index (χ4n) is 1.50. The fraction of sp³-hybridized carbons (Fsp3) is 0.333. The predicted octanol–water partition coefficient (Wildman–Crippen LogP) is 0.554. The first-order valence-corrected chi connectivity index (χ1v) is 6.32. The third-order valence-corrected chi connectivity index (χ3v) is 2.37. The number of hydrogen-bond acceptors (Lipinski definition) is 10. The van der Waals surface area contributed by atoms with Crippen LogP contribution < -0.4 is 4.74 Å². The molecule has 24 heavy (non-hydrogen) atoms. The van der Waals surface area contributed by atoms with Gasteiger partial charge >= 0.3 is 11.9 Å². The summed E-state index contributed by atoms with van der Waals surface area (Å²) < 4.78 is 9.70. The van der Waals surface area contributed by atoms with Crippen LogP contribution in [0.3, 0.4) is 0 Å². The van der Waals surface area contributed by atoms with Gasteiger partial charge in [-0.15, -0.1) is 20.2 Å². The van der Waals surface area contributed by atoms with E-state index in [9.17, 15) is 29.8 Å². The Labute approximate surface area is 134 Å². The van der Waals surface area contributed by atoms with E-state index < -0.39 is 41.4 Å². The van der Waals surface area contributed by atoms with Crippen LogP contribution in [0.25, 0.3) is 0 Å². The summed E-state index contributed by atoms with van der Waals surface area (Å²) in [6, 6.07) is 5.56. The van der Waals surface area contributed by atoms with Crippen molar-refractivity contribution in [3.8, 4) is 5.75 Å². The summed E-state index contributed by atoms with van der Waals surface area (Å²) in [5, 5.41) is 18.1. The van der Waals surface area contributed by atoms with Gasteiger partial charge in [0.2, 0.25) is 0 Å². The molecule has 0 N–H and O–H groups in total. The van der Waals surface area contributed by atoms with Crippen molar-refractivity contribution >= 4 is 11.9 Å². The Bertz CT molecular complexity index is 614. The highest BCUT2D eigenvalue weighted by atomic mass is 17.0. The van der Waals surface area contributed by atoms with Crippen molar-refractivity contribution < 1.29 is 38.9 Å². The van der Waals surface area contributed by atoms with Gasteiger partial charge in [0.25, 0.3) is 10.2 Å². The van der Waals surface area contributed by atoms with E-state index >= 15 is 0 Å². The first kappa shape index (κ1) is 18.6. The zero-order valence-corrected chi connectivity index (χ0v) is 12.3. The van der Waals surface area contributed by atoms with Gasteiger partial charge in [0.15, 0.2) is 0 Å². The standard InChI is InChI=1S/C12H12N2O10/c1-8(15)23-11-5-3-2-4-10(11)12(16)24-9(6-21-13(17)18)7-22-14(19)20/h2-5,9H,6-7H2,1H3. The highest BCUT2D eigenvalue weighted by Crippen LogP contribution is 2.20. The van der Waals surface area contributed by atoms with Crippen LogP contribution in [-0.2, 0) is 19.2 Å². The van der Waals surface area contributed by atoms with E-state index in [1.54, 1.807) is 0 Å². The van der Waals surface area contributed by atoms with Crippen molar-refractivity contribution in [3.63, 3.8) is 0 Å². The Kier molecular flexibility index (Phi) is 6.88. The Hall–Kier alpha value is -3.44. The molecular formula is C12H12N2O10. The van der Waals surface area contributed by atoms with E-state index in [1.807, 2.05) is 0 Å². The Balaban J connectivity index is 2.84. The van der Waals surface area contributed by atoms with Crippen molar-refractivity contribution in [2.75, 3.05) is 13.2 Å². The van der Waals surface area contributed by atoms with E-state index in [4.69, 9.17) is 9.47 Å². The smallest absolute Gasteiger partial charge is 0.342 e. The van der Waals surface area contributed by atoms with Gasteiger partial charge in [0, 0.05) is 6.92 Å². The molecule has 1 aromatic rings. The van der Waals surface area contributed by atoms with E-state index in [0.29, 0.717) is 0 Å². The fourth-order valence-corrected chi connectivity index (χ4v) is 1.50. The molecule has 0 saturated heterocycles. The Morgan fingerprint density at radius 3 is 2.12 bits per heavy atom. The van der Waals surface area contributed by atoms with Gasteiger partial charge in [-0.1, -0.05) is 12.1 Å². The second-order valence-electron chi connectivity index (χ2n) is 4.16. The molecule has 0 aromatic heterocycles. The number of benzene rings is 1. The third-order valence-electron chi connectivity index (χ3n) is 2.37. The molecule has 0 aliphatic heterocycles. The number of rotatable bonds is 9. The molecule has 0 unspecified atom stereocenters. The van der Waals surface area contributed by atoms with Gasteiger partial charge in [-0.25, -0.2) is 4.79 Å². The lowest BCUT2D eigenvalue weighted by molar-refractivity contribution is -0.768. The molecule has 0 fully saturated rings. The van der Waals surface area contributed by atoms with Crippen LogP contribution in [0, 0.1) is 20.2 Å². The molecular weight excluding hydrogens is 332 g/mol. The second-order valence-corrected chi connectivity index (χ2v) is 4.16. The van der Waals surface area contributed by atoms with Crippen LogP contribution in [0.4, 0.5) is 0 Å². The van der Waals surface area contributed by atoms with Gasteiger partial charge in [0.1, 0.15) is 30.6 Å². The van der Waals surface area contributed by atoms with Crippen molar-refractivity contribution in [2.24, 2.45) is 0 Å². The van der Waals surface area contributed by atoms with Crippen LogP contribution in [0.1, 0.15) is 17.3 Å². The van der Waals surface area contributed by atoms with Crippen LogP contribution in [0.5, 0.6) is 5.75 Å². The largest absolute Gasteiger partial charge is 0.455 e. The molecule has 0 saturated carbocycles. The topological polar surface area (TPSA) is 157 Å². The number of para-hydroxylation sites is 1. The number of carbonyl (C=O) groups excluding carboxylic acids is 2. The Morgan fingerprint density at radius 1 is 1.08 bits per heavy atom. The molecule has 0 atom stereocenters. The van der Waals surface area contributed by atoms with E-state index in [-0.39, 0.29) is 11.3 Å². The minimum absolute atomic E-state index is 0.0980. The van der Waals surface area contributed by atoms with Crippen molar-refractivity contribution in [2.45, 2.75) is 13.0 Å². The molecule has 0 heterocycles. The molecule has 0 spiro atoms. The van der Waals surface area contributed by atoms with Crippen molar-refractivity contribution in [1.29, 1.82) is 0 Å². The number of esters is 2. The van der Waals surface area contributed by atoms with E-state index in [1.165, 1.54) is 24.3 Å². The van der Waals surface area contributed by atoms with Crippen LogP contribution in [0.2, 0.25) is 0 Å². The average Bonchev–Trinajstić information content (AvgIpc) is 2.49. The highest BCUT2D eigenvalue weighted by Gasteiger charge is 2.22. The van der Waals surface area contributed by atoms with Crippen molar-refractivity contribution in [1.82, 2.24) is 0 Å². The third kappa shape index (κ3) is 6.55. The maximum atomic E-state index is 12.1. The van der Waals surface area contributed by atoms with Gasteiger partial charge in [-0.3, -0.25) is 4.79 Å². The molecule has 12 nitrogen and oxygen atoms in total. The zero-order valence-electron chi connectivity index (χ0n) is 12.3. The first-order chi connectivity index (χ1) is 11.3. The maximum absolute atomic E-state index is 12.1. The summed E-state index contributed by atoms with van der Waals surface area (Å²) in [5.41, 5.74) is -0.153. The predicted molar refractivity (Wildman–Crippen MR) is 72.8 cm³/mol. The van der Waals surface area contributed by atoms with E-state index in [2.05, 4.69) is 9.68 Å². The van der Waals surface area contributed by atoms with Gasteiger partial charge in [-0.2, -0.15) is 0 Å². The van der Waals surface area contributed by atoms with Crippen LogP contribution in [-0.4, -0.2) is 41.4 Å². The zero-order chi connectivity index (χ0) is 18.1. The normalized spacial score (nSPS) is 9.92. The molecule has 0 aliphatic rings. The lowest BCUT2D eigenvalue weighted by atomic mass is 10.2. The van der Waals surface area contributed by atoms with Gasteiger partial charge in [0.05, 0.1) is 0 Å². The molecule has 130 valence electrons. The summed E-state index contributed by atoms with van der Waals surface area (Å²) in [6.45, 7) is -0.425. The lowest BCUT2D eigenvalue weighted by Gasteiger charge is -2.16. The summed E-state index contributed by atoms with van der Waals surface area (Å²) >= 11 is 0. The lowest BCUT2D eigenvalue weighted by Crippen LogP contribution is -2.30. The highest BCUT2D eigenvalue weighted by molar-refractivity contribution is 5.93. The number of carbonyl (C=O) groups is 2. The SMILES string of the molecule is CC(=O)Oc1ccccc1C(=O)OC(CO[N+](=O)[O-])CO[N+](=O)[O-]. The minimum Gasteiger partial charge on any atom is -0.455 e. The number of ether oxygens (including phenoxy) is 2. The van der Waals surface area contributed by atoms with Crippen LogP contribution in [0.15, 0.2) is 24.3 Å².